The quantitative estimate of drug-likeness (QED) is 0.648. The van der Waals surface area contributed by atoms with Crippen LogP contribution < -0.4 is 14.9 Å². The van der Waals surface area contributed by atoms with E-state index in [0.717, 1.165) is 10.0 Å². The molecule has 0 saturated carbocycles. The molecule has 7 nitrogen and oxygen atoms in total. The second-order valence-corrected chi connectivity index (χ2v) is 5.17. The number of ether oxygens (including phenoxy) is 2. The first kappa shape index (κ1) is 16.0. The number of benzene rings is 1. The Bertz CT molecular complexity index is 712. The fourth-order valence-electron chi connectivity index (χ4n) is 1.77. The van der Waals surface area contributed by atoms with Crippen LogP contribution in [-0.2, 0) is 7.05 Å². The number of nitrogens with zero attached hydrogens (tertiary/aromatic N) is 3. The molecule has 2 rings (SSSR count). The maximum absolute atomic E-state index is 11.8. The third-order valence-corrected chi connectivity index (χ3v) is 3.37. The van der Waals surface area contributed by atoms with Gasteiger partial charge in [0.05, 0.1) is 24.9 Å². The molecule has 1 aromatic carbocycles. The molecule has 0 unspecified atom stereocenters. The molecule has 1 amide bonds. The van der Waals surface area contributed by atoms with Crippen molar-refractivity contribution in [3.05, 3.63) is 40.1 Å². The number of aromatic nitrogens is 2. The van der Waals surface area contributed by atoms with Crippen molar-refractivity contribution >= 4 is 28.1 Å². The average molecular weight is 367 g/mol. The fraction of sp³-hybridized carbons (Fsp3) is 0.214. The Balaban J connectivity index is 2.10. The van der Waals surface area contributed by atoms with Gasteiger partial charge in [-0.3, -0.25) is 9.48 Å². The molecule has 1 aromatic heterocycles. The topological polar surface area (TPSA) is 77.7 Å². The molecule has 2 aromatic rings. The van der Waals surface area contributed by atoms with Gasteiger partial charge in [-0.1, -0.05) is 0 Å². The number of nitrogens with one attached hydrogen (secondary N) is 1. The molecule has 0 aliphatic heterocycles. The van der Waals surface area contributed by atoms with Gasteiger partial charge in [0.2, 0.25) is 0 Å². The van der Waals surface area contributed by atoms with E-state index in [2.05, 4.69) is 31.6 Å². The van der Waals surface area contributed by atoms with Crippen molar-refractivity contribution in [2.45, 2.75) is 0 Å². The molecule has 0 aliphatic rings. The van der Waals surface area contributed by atoms with Gasteiger partial charge in [0.15, 0.2) is 17.2 Å². The Hall–Kier alpha value is -2.35. The van der Waals surface area contributed by atoms with Gasteiger partial charge in [-0.15, -0.1) is 0 Å². The summed E-state index contributed by atoms with van der Waals surface area (Å²) in [5.41, 5.74) is 3.45. The van der Waals surface area contributed by atoms with E-state index < -0.39 is 0 Å². The van der Waals surface area contributed by atoms with Crippen molar-refractivity contribution in [1.82, 2.24) is 15.2 Å². The summed E-state index contributed by atoms with van der Waals surface area (Å²) in [6.07, 6.45) is 3.19. The van der Waals surface area contributed by atoms with E-state index in [1.807, 2.05) is 0 Å². The summed E-state index contributed by atoms with van der Waals surface area (Å²) in [6.45, 7) is 0. The van der Waals surface area contributed by atoms with Gasteiger partial charge in [0.1, 0.15) is 0 Å². The van der Waals surface area contributed by atoms with Crippen molar-refractivity contribution in [3.63, 3.8) is 0 Å². The van der Waals surface area contributed by atoms with Gasteiger partial charge in [-0.2, -0.15) is 10.2 Å². The number of aryl methyl sites for hydroxylation is 1. The van der Waals surface area contributed by atoms with Crippen LogP contribution in [0.4, 0.5) is 0 Å². The highest BCUT2D eigenvalue weighted by atomic mass is 79.9. The molecule has 0 aliphatic carbocycles. The Labute approximate surface area is 136 Å². The zero-order valence-corrected chi connectivity index (χ0v) is 13.9. The van der Waals surface area contributed by atoms with Crippen LogP contribution in [0.15, 0.2) is 34.0 Å². The lowest BCUT2D eigenvalue weighted by atomic mass is 10.2. The Morgan fingerprint density at radius 2 is 2.18 bits per heavy atom. The van der Waals surface area contributed by atoms with Crippen molar-refractivity contribution in [1.29, 1.82) is 0 Å². The van der Waals surface area contributed by atoms with Crippen LogP contribution in [0.3, 0.4) is 0 Å². The minimum Gasteiger partial charge on any atom is -0.493 e. The second kappa shape index (κ2) is 7.08. The molecule has 8 heteroatoms. The lowest BCUT2D eigenvalue weighted by Gasteiger charge is -2.10. The van der Waals surface area contributed by atoms with Crippen LogP contribution in [0.25, 0.3) is 0 Å². The van der Waals surface area contributed by atoms with Gasteiger partial charge in [0.25, 0.3) is 5.91 Å². The maximum Gasteiger partial charge on any atom is 0.291 e. The standard InChI is InChI=1S/C14H15BrN4O3/c1-19-5-4-11(18-19)14(20)17-16-8-9-6-10(15)13(22-3)12(7-9)21-2/h4-8H,1-3H3,(H,17,20). The molecule has 0 atom stereocenters. The lowest BCUT2D eigenvalue weighted by molar-refractivity contribution is 0.0949. The lowest BCUT2D eigenvalue weighted by Crippen LogP contribution is -2.18. The minimum atomic E-state index is -0.378. The maximum atomic E-state index is 11.8. The summed E-state index contributed by atoms with van der Waals surface area (Å²) < 4.78 is 12.7. The molecular weight excluding hydrogens is 352 g/mol. The Morgan fingerprint density at radius 1 is 1.41 bits per heavy atom. The summed E-state index contributed by atoms with van der Waals surface area (Å²) in [6, 6.07) is 5.16. The van der Waals surface area contributed by atoms with E-state index in [1.165, 1.54) is 6.21 Å². The highest BCUT2D eigenvalue weighted by Gasteiger charge is 2.10. The first-order chi connectivity index (χ1) is 10.5. The summed E-state index contributed by atoms with van der Waals surface area (Å²) >= 11 is 3.39. The Morgan fingerprint density at radius 3 is 2.77 bits per heavy atom. The number of hydrogen-bond acceptors (Lipinski definition) is 5. The van der Waals surface area contributed by atoms with Crippen LogP contribution in [0, 0.1) is 0 Å². The smallest absolute Gasteiger partial charge is 0.291 e. The normalized spacial score (nSPS) is 10.7. The van der Waals surface area contributed by atoms with Gasteiger partial charge < -0.3 is 9.47 Å². The summed E-state index contributed by atoms with van der Waals surface area (Å²) in [4.78, 5) is 11.8. The molecule has 0 fully saturated rings. The number of hydrazone groups is 1. The van der Waals surface area contributed by atoms with Crippen molar-refractivity contribution in [2.75, 3.05) is 14.2 Å². The van der Waals surface area contributed by atoms with E-state index >= 15 is 0 Å². The fourth-order valence-corrected chi connectivity index (χ4v) is 2.39. The van der Waals surface area contributed by atoms with Crippen molar-refractivity contribution in [2.24, 2.45) is 12.1 Å². The number of amides is 1. The molecule has 0 spiro atoms. The summed E-state index contributed by atoms with van der Waals surface area (Å²) in [5.74, 6) is 0.781. The van der Waals surface area contributed by atoms with Crippen LogP contribution in [-0.4, -0.2) is 36.1 Å². The number of rotatable bonds is 5. The van der Waals surface area contributed by atoms with Gasteiger partial charge in [0, 0.05) is 13.2 Å². The first-order valence-corrected chi connectivity index (χ1v) is 7.09. The van der Waals surface area contributed by atoms with Crippen LogP contribution in [0.2, 0.25) is 0 Å². The monoisotopic (exact) mass is 366 g/mol. The zero-order chi connectivity index (χ0) is 16.1. The van der Waals surface area contributed by atoms with Gasteiger partial charge in [-0.25, -0.2) is 5.43 Å². The first-order valence-electron chi connectivity index (χ1n) is 6.29. The minimum absolute atomic E-state index is 0.299. The molecule has 22 heavy (non-hydrogen) atoms. The predicted molar refractivity (Wildman–Crippen MR) is 85.5 cm³/mol. The number of hydrogen-bond donors (Lipinski definition) is 1. The Kier molecular flexibility index (Phi) is 5.16. The van der Waals surface area contributed by atoms with Crippen molar-refractivity contribution < 1.29 is 14.3 Å². The SMILES string of the molecule is COc1cc(C=NNC(=O)c2ccn(C)n2)cc(Br)c1OC. The predicted octanol–water partition coefficient (Wildman–Crippen LogP) is 1.96. The van der Waals surface area contributed by atoms with Gasteiger partial charge >= 0.3 is 0 Å². The number of carbonyl (C=O) groups is 1. The molecule has 0 saturated heterocycles. The molecule has 116 valence electrons. The molecule has 1 heterocycles. The number of carbonyl (C=O) groups excluding carboxylic acids is 1. The highest BCUT2D eigenvalue weighted by Crippen LogP contribution is 2.35. The van der Waals surface area contributed by atoms with Gasteiger partial charge in [-0.05, 0) is 39.7 Å². The molecule has 1 N–H and O–H groups in total. The van der Waals surface area contributed by atoms with E-state index in [1.54, 1.807) is 50.3 Å². The third-order valence-electron chi connectivity index (χ3n) is 2.78. The molecule has 0 bridgehead atoms. The van der Waals surface area contributed by atoms with E-state index in [4.69, 9.17) is 9.47 Å². The summed E-state index contributed by atoms with van der Waals surface area (Å²) in [7, 11) is 4.85. The van der Waals surface area contributed by atoms with Crippen molar-refractivity contribution in [3.8, 4) is 11.5 Å². The third kappa shape index (κ3) is 3.64. The van der Waals surface area contributed by atoms with E-state index in [0.29, 0.717) is 17.2 Å². The highest BCUT2D eigenvalue weighted by molar-refractivity contribution is 9.10. The number of methoxy groups -OCH3 is 2. The van der Waals surface area contributed by atoms with E-state index in [-0.39, 0.29) is 5.91 Å². The number of halogens is 1. The molecule has 0 radical (unpaired) electrons. The second-order valence-electron chi connectivity index (χ2n) is 4.31. The van der Waals surface area contributed by atoms with Crippen LogP contribution in [0.1, 0.15) is 16.1 Å². The average Bonchev–Trinajstić information content (AvgIpc) is 2.93. The molecular formula is C14H15BrN4O3. The summed E-state index contributed by atoms with van der Waals surface area (Å²) in [5, 5.41) is 7.90. The van der Waals surface area contributed by atoms with Crippen LogP contribution in [0.5, 0.6) is 11.5 Å². The largest absolute Gasteiger partial charge is 0.493 e. The zero-order valence-electron chi connectivity index (χ0n) is 12.3. The van der Waals surface area contributed by atoms with Crippen LogP contribution >= 0.6 is 15.9 Å². The van der Waals surface area contributed by atoms with E-state index in [9.17, 15) is 4.79 Å².